The molecule has 1 aromatic heterocycles. The minimum atomic E-state index is -4.63. The van der Waals surface area contributed by atoms with E-state index in [2.05, 4.69) is 5.32 Å². The molecule has 13 heteroatoms. The Morgan fingerprint density at radius 2 is 1.79 bits per heavy atom. The van der Waals surface area contributed by atoms with Gasteiger partial charge in [0.05, 0.1) is 32.5 Å². The van der Waals surface area contributed by atoms with Crippen molar-refractivity contribution in [3.05, 3.63) is 86.8 Å². The second kappa shape index (κ2) is 12.3. The number of anilines is 1. The van der Waals surface area contributed by atoms with Crippen molar-refractivity contribution in [1.82, 2.24) is 4.57 Å². The Hall–Kier alpha value is -3.71. The fourth-order valence-electron chi connectivity index (χ4n) is 5.05. The number of fused-ring (bicyclic) bond motifs is 3. The number of hydrogen-bond donors (Lipinski definition) is 2. The van der Waals surface area contributed by atoms with Gasteiger partial charge in [0.25, 0.3) is 5.56 Å². The van der Waals surface area contributed by atoms with Gasteiger partial charge in [0.15, 0.2) is 6.10 Å². The Morgan fingerprint density at radius 3 is 2.45 bits per heavy atom. The topological polar surface area (TPSA) is 122 Å². The summed E-state index contributed by atoms with van der Waals surface area (Å²) in [6.07, 6.45) is -6.29. The zero-order chi connectivity index (χ0) is 30.0. The zero-order valence-corrected chi connectivity index (χ0v) is 22.9. The second-order valence-corrected chi connectivity index (χ2v) is 10.5. The molecule has 222 valence electrons. The molecule has 3 atom stereocenters. The summed E-state index contributed by atoms with van der Waals surface area (Å²) in [5.41, 5.74) is 6.66. The van der Waals surface area contributed by atoms with E-state index in [1.165, 1.54) is 59.3 Å². The molecule has 0 saturated carbocycles. The quantitative estimate of drug-likeness (QED) is 0.433. The maximum absolute atomic E-state index is 13.8. The number of aromatic nitrogens is 1. The highest BCUT2D eigenvalue weighted by atomic mass is 35.5. The van der Waals surface area contributed by atoms with Crippen molar-refractivity contribution >= 4 is 29.1 Å². The van der Waals surface area contributed by atoms with Crippen LogP contribution < -0.4 is 16.6 Å². The highest BCUT2D eigenvalue weighted by Gasteiger charge is 2.42. The van der Waals surface area contributed by atoms with E-state index in [4.69, 9.17) is 31.5 Å². The molecular formula is C29H27ClF3N3O6. The van der Waals surface area contributed by atoms with Crippen LogP contribution in [0.15, 0.2) is 59.5 Å². The maximum Gasteiger partial charge on any atom is 0.414 e. The van der Waals surface area contributed by atoms with Crippen molar-refractivity contribution < 1.29 is 37.0 Å². The Labute approximate surface area is 243 Å². The van der Waals surface area contributed by atoms with Gasteiger partial charge in [0.2, 0.25) is 11.8 Å². The first-order valence-electron chi connectivity index (χ1n) is 13.1. The number of hydrogen-bond acceptors (Lipinski definition) is 6. The predicted molar refractivity (Wildman–Crippen MR) is 147 cm³/mol. The lowest BCUT2D eigenvalue weighted by atomic mass is 9.92. The average Bonchev–Trinajstić information content (AvgIpc) is 2.94. The Kier molecular flexibility index (Phi) is 8.69. The van der Waals surface area contributed by atoms with Gasteiger partial charge in [-0.1, -0.05) is 17.7 Å². The van der Waals surface area contributed by atoms with Crippen LogP contribution in [0.3, 0.4) is 0 Å². The fraction of sp³-hybridized carbons (Fsp3) is 0.345. The number of halogens is 4. The van der Waals surface area contributed by atoms with Crippen molar-refractivity contribution in [3.8, 4) is 11.1 Å². The number of carbonyl (C=O) groups excluding carboxylic acids is 2. The minimum absolute atomic E-state index is 0.0400. The number of benzene rings is 2. The summed E-state index contributed by atoms with van der Waals surface area (Å²) in [6, 6.07) is 10.5. The molecule has 3 N–H and O–H groups in total. The number of primary amides is 1. The third-order valence-corrected chi connectivity index (χ3v) is 7.42. The molecule has 0 radical (unpaired) electrons. The lowest BCUT2D eigenvalue weighted by molar-refractivity contribution is -0.223. The first-order valence-corrected chi connectivity index (χ1v) is 13.5. The molecule has 3 heterocycles. The first kappa shape index (κ1) is 29.8. The SMILES string of the molecule is NC(=O)c1ccc(NC(=O)[C@H](C[C@@H]2COCCO2)n2cc3c(cc2=O)-c2cc(Cl)ccc2CC(C(F)(F)F)OC3)cc1. The van der Waals surface area contributed by atoms with Crippen LogP contribution >= 0.6 is 11.6 Å². The zero-order valence-electron chi connectivity index (χ0n) is 22.2. The lowest BCUT2D eigenvalue weighted by Gasteiger charge is -2.29. The number of nitrogens with two attached hydrogens (primary N) is 1. The van der Waals surface area contributed by atoms with Crippen LogP contribution in [-0.2, 0) is 32.0 Å². The molecule has 3 aromatic rings. The van der Waals surface area contributed by atoms with Gasteiger partial charge in [-0.2, -0.15) is 13.2 Å². The monoisotopic (exact) mass is 605 g/mol. The van der Waals surface area contributed by atoms with Gasteiger partial charge < -0.3 is 29.8 Å². The molecule has 1 unspecified atom stereocenters. The van der Waals surface area contributed by atoms with Gasteiger partial charge in [-0.15, -0.1) is 0 Å². The summed E-state index contributed by atoms with van der Waals surface area (Å²) in [5.74, 6) is -1.22. The second-order valence-electron chi connectivity index (χ2n) is 10.1. The summed E-state index contributed by atoms with van der Waals surface area (Å²) in [7, 11) is 0. The molecule has 0 aliphatic carbocycles. The van der Waals surface area contributed by atoms with Gasteiger partial charge >= 0.3 is 6.18 Å². The van der Waals surface area contributed by atoms with Gasteiger partial charge in [0.1, 0.15) is 6.04 Å². The van der Waals surface area contributed by atoms with E-state index in [0.717, 1.165) is 0 Å². The molecule has 2 amide bonds. The van der Waals surface area contributed by atoms with Gasteiger partial charge in [-0.25, -0.2) is 0 Å². The summed E-state index contributed by atoms with van der Waals surface area (Å²) in [4.78, 5) is 38.6. The largest absolute Gasteiger partial charge is 0.414 e. The molecule has 9 nitrogen and oxygen atoms in total. The van der Waals surface area contributed by atoms with Crippen LogP contribution in [0, 0.1) is 0 Å². The van der Waals surface area contributed by atoms with Crippen LogP contribution in [0.2, 0.25) is 5.02 Å². The highest BCUT2D eigenvalue weighted by Crippen LogP contribution is 2.37. The van der Waals surface area contributed by atoms with Gasteiger partial charge in [-0.3, -0.25) is 14.4 Å². The third kappa shape index (κ3) is 6.67. The molecule has 1 saturated heterocycles. The van der Waals surface area contributed by atoms with E-state index < -0.39 is 54.8 Å². The number of nitrogens with one attached hydrogen (secondary N) is 1. The van der Waals surface area contributed by atoms with Crippen LogP contribution in [0.1, 0.15) is 33.9 Å². The molecule has 2 aliphatic rings. The van der Waals surface area contributed by atoms with E-state index in [1.807, 2.05) is 0 Å². The average molecular weight is 606 g/mol. The molecule has 5 rings (SSSR count). The van der Waals surface area contributed by atoms with Crippen LogP contribution in [0.5, 0.6) is 0 Å². The Balaban J connectivity index is 1.55. The van der Waals surface area contributed by atoms with Crippen molar-refractivity contribution in [2.24, 2.45) is 5.73 Å². The Bertz CT molecular complexity index is 1540. The number of pyridine rings is 1. The van der Waals surface area contributed by atoms with Crippen molar-refractivity contribution in [3.63, 3.8) is 0 Å². The number of rotatable bonds is 6. The Morgan fingerprint density at radius 1 is 1.05 bits per heavy atom. The molecule has 0 spiro atoms. The third-order valence-electron chi connectivity index (χ3n) is 7.18. The number of nitrogens with zero attached hydrogens (tertiary/aromatic N) is 1. The normalized spacial score (nSPS) is 19.5. The van der Waals surface area contributed by atoms with Crippen molar-refractivity contribution in [2.45, 2.75) is 43.9 Å². The van der Waals surface area contributed by atoms with E-state index >= 15 is 0 Å². The van der Waals surface area contributed by atoms with Crippen molar-refractivity contribution in [2.75, 3.05) is 25.1 Å². The number of ether oxygens (including phenoxy) is 3. The summed E-state index contributed by atoms with van der Waals surface area (Å²) in [6.45, 7) is 0.422. The first-order chi connectivity index (χ1) is 20.0. The van der Waals surface area contributed by atoms with Crippen LogP contribution in [0.4, 0.5) is 18.9 Å². The minimum Gasteiger partial charge on any atom is -0.376 e. The van der Waals surface area contributed by atoms with E-state index in [9.17, 15) is 27.6 Å². The molecule has 0 bridgehead atoms. The van der Waals surface area contributed by atoms with E-state index in [-0.39, 0.29) is 24.2 Å². The van der Waals surface area contributed by atoms with Gasteiger partial charge in [0, 0.05) is 46.9 Å². The molecule has 1 fully saturated rings. The fourth-order valence-corrected chi connectivity index (χ4v) is 5.22. The maximum atomic E-state index is 13.8. The van der Waals surface area contributed by atoms with E-state index in [1.54, 1.807) is 0 Å². The van der Waals surface area contributed by atoms with E-state index in [0.29, 0.717) is 40.6 Å². The van der Waals surface area contributed by atoms with Crippen LogP contribution in [0.25, 0.3) is 11.1 Å². The molecule has 42 heavy (non-hydrogen) atoms. The number of amides is 2. The lowest BCUT2D eigenvalue weighted by Crippen LogP contribution is -2.39. The summed E-state index contributed by atoms with van der Waals surface area (Å²) >= 11 is 6.20. The number of carbonyl (C=O) groups is 2. The molecule has 2 aliphatic heterocycles. The van der Waals surface area contributed by atoms with Crippen molar-refractivity contribution in [1.29, 1.82) is 0 Å². The number of alkyl halides is 3. The smallest absolute Gasteiger partial charge is 0.376 e. The summed E-state index contributed by atoms with van der Waals surface area (Å²) < 4.78 is 59.1. The van der Waals surface area contributed by atoms with Crippen LogP contribution in [-0.4, -0.2) is 54.6 Å². The highest BCUT2D eigenvalue weighted by molar-refractivity contribution is 6.30. The standard InChI is InChI=1S/C29H27ClF3N3O6/c30-19-4-1-17-9-25(29(31,32)33)42-14-18-13-36(26(37)12-23(18)22(17)10-19)24(11-21-15-40-7-8-41-21)28(39)35-20-5-2-16(3-6-20)27(34)38/h1-6,10,12-13,21,24-25H,7-9,11,14-15H2,(H2,34,38)(H,35,39)/t21-,24+,25?/m1/s1. The predicted octanol–water partition coefficient (Wildman–Crippen LogP) is 4.26. The molecular weight excluding hydrogens is 579 g/mol. The molecule has 2 aromatic carbocycles. The van der Waals surface area contributed by atoms with Gasteiger partial charge in [-0.05, 0) is 53.1 Å². The summed E-state index contributed by atoms with van der Waals surface area (Å²) in [5, 5.41) is 3.03.